The highest BCUT2D eigenvalue weighted by Gasteiger charge is 2.31. The maximum absolute atomic E-state index is 5.61. The van der Waals surface area contributed by atoms with Gasteiger partial charge >= 0.3 is 0 Å². The molecular weight excluding hydrogens is 477 g/mol. The van der Waals surface area contributed by atoms with Crippen LogP contribution < -0.4 is 15.5 Å². The molecule has 2 aliphatic rings. The lowest BCUT2D eigenvalue weighted by atomic mass is 9.83. The molecule has 29 heavy (non-hydrogen) atoms. The van der Waals surface area contributed by atoms with Gasteiger partial charge in [-0.05, 0) is 50.2 Å². The number of nitrogens with zero attached hydrogens (tertiary/aromatic N) is 3. The van der Waals surface area contributed by atoms with Crippen LogP contribution in [0.25, 0.3) is 0 Å². The second kappa shape index (κ2) is 11.9. The zero-order chi connectivity index (χ0) is 19.8. The summed E-state index contributed by atoms with van der Waals surface area (Å²) in [7, 11) is 0. The predicted octanol–water partition coefficient (Wildman–Crippen LogP) is 3.95. The van der Waals surface area contributed by atoms with Crippen molar-refractivity contribution < 1.29 is 4.74 Å². The van der Waals surface area contributed by atoms with Gasteiger partial charge in [0.1, 0.15) is 5.82 Å². The van der Waals surface area contributed by atoms with Crippen molar-refractivity contribution in [3.8, 4) is 0 Å². The molecule has 1 aliphatic carbocycles. The predicted molar refractivity (Wildman–Crippen MR) is 131 cm³/mol. The van der Waals surface area contributed by atoms with Crippen LogP contribution in [0.2, 0.25) is 0 Å². The van der Waals surface area contributed by atoms with Gasteiger partial charge in [-0.1, -0.05) is 25.8 Å². The van der Waals surface area contributed by atoms with Gasteiger partial charge in [0.15, 0.2) is 5.96 Å². The first-order valence-electron chi connectivity index (χ1n) is 11.0. The molecule has 3 rings (SSSR count). The van der Waals surface area contributed by atoms with Crippen molar-refractivity contribution >= 4 is 35.8 Å². The molecule has 0 radical (unpaired) electrons. The lowest BCUT2D eigenvalue weighted by Gasteiger charge is -2.32. The second-order valence-corrected chi connectivity index (χ2v) is 8.26. The SMILES string of the molecule is CCNC(=NCc1ccc(N2CCOC(C)C2)nc1)NCC1(CC)CCCC1.I. The average molecular weight is 515 g/mol. The number of ether oxygens (including phenoxy) is 1. The van der Waals surface area contributed by atoms with Gasteiger partial charge in [-0.2, -0.15) is 0 Å². The summed E-state index contributed by atoms with van der Waals surface area (Å²) in [5.41, 5.74) is 1.59. The third-order valence-corrected chi connectivity index (χ3v) is 6.18. The highest BCUT2D eigenvalue weighted by atomic mass is 127. The standard InChI is InChI=1S/C22H37N5O.HI/c1-4-22(10-6-7-11-22)17-26-21(23-5-2)25-15-19-8-9-20(24-14-19)27-12-13-28-18(3)16-27;/h8-9,14,18H,4-7,10-13,15-17H2,1-3H3,(H2,23,25,26);1H. The number of aromatic nitrogens is 1. The summed E-state index contributed by atoms with van der Waals surface area (Å²) in [6.45, 7) is 11.6. The fourth-order valence-corrected chi connectivity index (χ4v) is 4.29. The number of nitrogens with one attached hydrogen (secondary N) is 2. The Kier molecular flexibility index (Phi) is 9.95. The topological polar surface area (TPSA) is 61.8 Å². The van der Waals surface area contributed by atoms with Gasteiger partial charge in [0.25, 0.3) is 0 Å². The minimum absolute atomic E-state index is 0. The van der Waals surface area contributed by atoms with E-state index in [-0.39, 0.29) is 30.1 Å². The number of morpholine rings is 1. The van der Waals surface area contributed by atoms with Gasteiger partial charge in [0, 0.05) is 32.4 Å². The van der Waals surface area contributed by atoms with Crippen LogP contribution in [0, 0.1) is 5.41 Å². The molecule has 1 aliphatic heterocycles. The van der Waals surface area contributed by atoms with Crippen LogP contribution in [-0.2, 0) is 11.3 Å². The largest absolute Gasteiger partial charge is 0.375 e. The van der Waals surface area contributed by atoms with E-state index in [2.05, 4.69) is 53.4 Å². The van der Waals surface area contributed by atoms with E-state index in [4.69, 9.17) is 9.73 Å². The smallest absolute Gasteiger partial charge is 0.191 e. The number of hydrogen-bond donors (Lipinski definition) is 2. The Morgan fingerprint density at radius 2 is 2.07 bits per heavy atom. The Morgan fingerprint density at radius 3 is 2.69 bits per heavy atom. The molecule has 1 saturated carbocycles. The molecular formula is C22H38IN5O. The first-order chi connectivity index (χ1) is 13.6. The average Bonchev–Trinajstić information content (AvgIpc) is 3.20. The van der Waals surface area contributed by atoms with E-state index in [1.165, 1.54) is 32.1 Å². The first kappa shape index (κ1) is 24.2. The number of anilines is 1. The van der Waals surface area contributed by atoms with Gasteiger partial charge in [0.2, 0.25) is 0 Å². The molecule has 0 spiro atoms. The quantitative estimate of drug-likeness (QED) is 0.327. The summed E-state index contributed by atoms with van der Waals surface area (Å²) in [5.74, 6) is 1.94. The van der Waals surface area contributed by atoms with Crippen molar-refractivity contribution in [1.82, 2.24) is 15.6 Å². The van der Waals surface area contributed by atoms with Crippen LogP contribution in [0.1, 0.15) is 58.4 Å². The molecule has 0 aromatic carbocycles. The number of rotatable bonds is 7. The zero-order valence-corrected chi connectivity index (χ0v) is 20.6. The molecule has 7 heteroatoms. The number of aliphatic imine (C=N–C) groups is 1. The number of hydrogen-bond acceptors (Lipinski definition) is 4. The summed E-state index contributed by atoms with van der Waals surface area (Å²) in [6.07, 6.45) is 8.85. The third kappa shape index (κ3) is 6.98. The summed E-state index contributed by atoms with van der Waals surface area (Å²) >= 11 is 0. The molecule has 0 amide bonds. The molecule has 1 atom stereocenters. The fourth-order valence-electron chi connectivity index (χ4n) is 4.29. The van der Waals surface area contributed by atoms with Crippen molar-refractivity contribution in [3.63, 3.8) is 0 Å². The summed E-state index contributed by atoms with van der Waals surface area (Å²) in [6, 6.07) is 4.24. The van der Waals surface area contributed by atoms with E-state index in [1.54, 1.807) is 0 Å². The monoisotopic (exact) mass is 515 g/mol. The van der Waals surface area contributed by atoms with E-state index in [1.807, 2.05) is 6.20 Å². The van der Waals surface area contributed by atoms with E-state index in [0.717, 1.165) is 50.1 Å². The van der Waals surface area contributed by atoms with E-state index in [0.29, 0.717) is 12.0 Å². The Morgan fingerprint density at radius 1 is 1.28 bits per heavy atom. The summed E-state index contributed by atoms with van der Waals surface area (Å²) in [4.78, 5) is 11.7. The molecule has 2 fully saturated rings. The molecule has 6 nitrogen and oxygen atoms in total. The third-order valence-electron chi connectivity index (χ3n) is 6.18. The molecule has 1 aromatic heterocycles. The van der Waals surface area contributed by atoms with Crippen LogP contribution in [0.5, 0.6) is 0 Å². The van der Waals surface area contributed by atoms with Crippen LogP contribution in [-0.4, -0.2) is 49.8 Å². The van der Waals surface area contributed by atoms with Gasteiger partial charge in [-0.3, -0.25) is 0 Å². The van der Waals surface area contributed by atoms with E-state index >= 15 is 0 Å². The van der Waals surface area contributed by atoms with Gasteiger partial charge in [0.05, 0.1) is 19.3 Å². The van der Waals surface area contributed by atoms with Crippen molar-refractivity contribution in [3.05, 3.63) is 23.9 Å². The van der Waals surface area contributed by atoms with Crippen molar-refractivity contribution in [2.75, 3.05) is 37.7 Å². The Hall–Kier alpha value is -1.09. The molecule has 0 bridgehead atoms. The molecule has 2 N–H and O–H groups in total. The van der Waals surface area contributed by atoms with Crippen molar-refractivity contribution in [2.45, 2.75) is 65.5 Å². The molecule has 1 saturated heterocycles. The maximum Gasteiger partial charge on any atom is 0.191 e. The van der Waals surface area contributed by atoms with Crippen LogP contribution in [0.3, 0.4) is 0 Å². The first-order valence-corrected chi connectivity index (χ1v) is 11.0. The highest BCUT2D eigenvalue weighted by molar-refractivity contribution is 14.0. The van der Waals surface area contributed by atoms with Crippen molar-refractivity contribution in [1.29, 1.82) is 0 Å². The van der Waals surface area contributed by atoms with Gasteiger partial charge < -0.3 is 20.3 Å². The summed E-state index contributed by atoms with van der Waals surface area (Å²) in [5, 5.41) is 6.97. The number of guanidine groups is 1. The van der Waals surface area contributed by atoms with Crippen LogP contribution >= 0.6 is 24.0 Å². The lowest BCUT2D eigenvalue weighted by molar-refractivity contribution is 0.0529. The molecule has 164 valence electrons. The molecule has 1 aromatic rings. The van der Waals surface area contributed by atoms with E-state index in [9.17, 15) is 0 Å². The van der Waals surface area contributed by atoms with Crippen LogP contribution in [0.15, 0.2) is 23.3 Å². The number of halogens is 1. The Bertz CT molecular complexity index is 631. The number of pyridine rings is 1. The summed E-state index contributed by atoms with van der Waals surface area (Å²) < 4.78 is 5.61. The zero-order valence-electron chi connectivity index (χ0n) is 18.2. The van der Waals surface area contributed by atoms with E-state index < -0.39 is 0 Å². The molecule has 2 heterocycles. The Balaban J connectivity index is 0.00000300. The van der Waals surface area contributed by atoms with Crippen LogP contribution in [0.4, 0.5) is 5.82 Å². The highest BCUT2D eigenvalue weighted by Crippen LogP contribution is 2.40. The second-order valence-electron chi connectivity index (χ2n) is 8.26. The maximum atomic E-state index is 5.61. The fraction of sp³-hybridized carbons (Fsp3) is 0.727. The molecule has 1 unspecified atom stereocenters. The normalized spacial score (nSPS) is 21.6. The minimum atomic E-state index is 0. The van der Waals surface area contributed by atoms with Crippen molar-refractivity contribution in [2.24, 2.45) is 10.4 Å². The lowest BCUT2D eigenvalue weighted by Crippen LogP contribution is -2.42. The Labute approximate surface area is 193 Å². The minimum Gasteiger partial charge on any atom is -0.375 e. The van der Waals surface area contributed by atoms with Gasteiger partial charge in [-0.25, -0.2) is 9.98 Å². The van der Waals surface area contributed by atoms with Gasteiger partial charge in [-0.15, -0.1) is 24.0 Å².